The largest absolute Gasteiger partial charge is 0.496 e. The third-order valence-corrected chi connectivity index (χ3v) is 36.0. The summed E-state index contributed by atoms with van der Waals surface area (Å²) >= 11 is 1.97. The zero-order chi connectivity index (χ0) is 77.8. The van der Waals surface area contributed by atoms with Gasteiger partial charge in [-0.2, -0.15) is 19.2 Å². The molecule has 2 saturated carbocycles. The fourth-order valence-electron chi connectivity index (χ4n) is 32.3. The predicted molar refractivity (Wildman–Crippen MR) is 472 cm³/mol. The van der Waals surface area contributed by atoms with Crippen molar-refractivity contribution in [2.24, 2.45) is 11.8 Å². The van der Waals surface area contributed by atoms with Crippen LogP contribution in [0.4, 0.5) is 0 Å². The molecule has 0 saturated heterocycles. The maximum atomic E-state index is 8.12. The molecule has 8 unspecified atom stereocenters. The SMILES string of the molecule is COc1cc(C)ccc1CC12C3=CC4(c5ccc(OC)c(C)c5C)C=C5Cc6cc7cc8c9c%10c%11c%12c(c%13c1c4c1c5c6c4c7c9c%12c4c1%13)C1=C2C(=CC(C=C%10C8)C1%11)C3.COc1cc(C)ccc1CC12C3=CC4(c5cccs5)C=C5Cc6cc7cc8c9c%10c%11c%12c(c%13c1c4c1c5c6c4c7c9c%12c4c1%13)C1=C2C(=CC(C=C%10C8)C1%11)C3.O=C=O.O=C=O. The van der Waals surface area contributed by atoms with Crippen molar-refractivity contribution in [1.82, 2.24) is 0 Å². The van der Waals surface area contributed by atoms with Gasteiger partial charge in [0.2, 0.25) is 0 Å². The third-order valence-electron chi connectivity index (χ3n) is 35.0. The number of benzene rings is 13. The molecule has 8 heteroatoms. The highest BCUT2D eigenvalue weighted by atomic mass is 32.1. The lowest BCUT2D eigenvalue weighted by molar-refractivity contribution is -0.193. The van der Waals surface area contributed by atoms with Gasteiger partial charge in [0, 0.05) is 39.4 Å². The topological polar surface area (TPSA) is 96.0 Å². The summed E-state index contributed by atoms with van der Waals surface area (Å²) in [6.45, 7) is 9.03. The molecule has 0 radical (unpaired) electrons. The predicted octanol–water partition coefficient (Wildman–Crippen LogP) is 23.7. The average Bonchev–Trinajstić information content (AvgIpc) is 1.43. The minimum atomic E-state index is -0.402. The summed E-state index contributed by atoms with van der Waals surface area (Å²) in [4.78, 5) is 34.0. The molecule has 556 valence electrons. The average molecular weight is 1540 g/mol. The number of aryl methyl sites for hydroxylation is 2. The summed E-state index contributed by atoms with van der Waals surface area (Å²) in [5.41, 5.74) is 53.4. The van der Waals surface area contributed by atoms with Crippen molar-refractivity contribution in [3.63, 3.8) is 0 Å². The minimum absolute atomic E-state index is 0.217. The van der Waals surface area contributed by atoms with E-state index in [-0.39, 0.29) is 28.5 Å². The van der Waals surface area contributed by atoms with E-state index in [0.717, 1.165) is 68.6 Å². The number of thiophene rings is 1. The first kappa shape index (κ1) is 61.5. The highest BCUT2D eigenvalue weighted by Crippen LogP contribution is 2.82. The van der Waals surface area contributed by atoms with Crippen LogP contribution in [0.15, 0.2) is 172 Å². The van der Waals surface area contributed by atoms with Crippen LogP contribution < -0.4 is 14.2 Å². The molecule has 119 heavy (non-hydrogen) atoms. The number of methoxy groups -OCH3 is 3. The Bertz CT molecular complexity index is 8890. The molecule has 1 heterocycles. The second-order valence-corrected chi connectivity index (χ2v) is 39.8. The summed E-state index contributed by atoms with van der Waals surface area (Å²) in [7, 11) is 5.57. The molecule has 2 fully saturated rings. The summed E-state index contributed by atoms with van der Waals surface area (Å²) in [5, 5.41) is 40.6. The van der Waals surface area contributed by atoms with Crippen LogP contribution in [0.5, 0.6) is 17.2 Å². The Morgan fingerprint density at radius 2 is 0.790 bits per heavy atom. The van der Waals surface area contributed by atoms with E-state index in [0.29, 0.717) is 23.7 Å². The van der Waals surface area contributed by atoms with Gasteiger partial charge in [0.1, 0.15) is 17.2 Å². The van der Waals surface area contributed by atoms with Crippen LogP contribution in [0.1, 0.15) is 158 Å². The van der Waals surface area contributed by atoms with Gasteiger partial charge < -0.3 is 14.2 Å². The smallest absolute Gasteiger partial charge is 0.373 e. The number of carbonyl (C=O) groups excluding carboxylic acids is 4. The number of ether oxygens (including phenoxy) is 3. The summed E-state index contributed by atoms with van der Waals surface area (Å²) < 4.78 is 18.6. The van der Waals surface area contributed by atoms with Crippen molar-refractivity contribution in [3.05, 3.63) is 305 Å². The first-order chi connectivity index (χ1) is 58.3. The van der Waals surface area contributed by atoms with Gasteiger partial charge in [0.25, 0.3) is 0 Å². The summed E-state index contributed by atoms with van der Waals surface area (Å²) in [6, 6.07) is 34.0. The Morgan fingerprint density at radius 3 is 1.26 bits per heavy atom. The van der Waals surface area contributed by atoms with Crippen molar-refractivity contribution < 1.29 is 33.4 Å². The molecule has 18 aromatic rings. The van der Waals surface area contributed by atoms with Gasteiger partial charge in [-0.3, -0.25) is 0 Å². The van der Waals surface area contributed by atoms with E-state index in [2.05, 4.69) is 167 Å². The van der Waals surface area contributed by atoms with Crippen LogP contribution in [0.2, 0.25) is 0 Å². The van der Waals surface area contributed by atoms with E-state index in [1.165, 1.54) is 65.7 Å². The molecule has 7 nitrogen and oxygen atoms in total. The molecule has 0 amide bonds. The standard InChI is InChI=1S/C57H36O2.C52H28OS.2CO2/c1-21-6-7-24(35(10-21)59-5)19-57-32-17-30-15-28-13-26-11-25-12-27-14-29-16-31-18-56(20-32,33-8-9-34(58-4)23(3)22(33)2)54-51-41(31)38(29)43-39(27)42-36(25)37(26)44-40(28)50(53(30)57)48-47(44)45(42)46(43)49(51)52(48)55(54)57;1-19-5-6-20(29(8-19)53-2)17-52-28-15-26-13-24-11-22-9-21-10-23-12-25-14-27-16-51(18-28,30-4-3-7-54-30)49-46-36(27)33(25)38-34(23)37-31(21)32(22)39-35(24)45(48(26)52)43-42(39)40(37)41(38)44(46)47(43)50(49)52;2*2-1-3/h6-10,12-15,18,20,28,40H,11,16-17,19H2,1-5H3;3-8,10-13,16,18,24,35H,9,14-15,17H2,1-2H3;;. The quantitative estimate of drug-likeness (QED) is 0.105. The molecule has 18 aliphatic rings. The Morgan fingerprint density at radius 1 is 0.378 bits per heavy atom. The maximum absolute atomic E-state index is 8.12. The zero-order valence-corrected chi connectivity index (χ0v) is 66.8. The van der Waals surface area contributed by atoms with E-state index in [4.69, 9.17) is 33.4 Å². The van der Waals surface area contributed by atoms with Crippen LogP contribution >= 0.6 is 11.3 Å². The Balaban J connectivity index is 0.000000106. The van der Waals surface area contributed by atoms with Gasteiger partial charge in [0.05, 0.1) is 32.2 Å². The molecule has 0 aliphatic heterocycles. The molecule has 17 aromatic carbocycles. The number of hydrogen-bond acceptors (Lipinski definition) is 8. The van der Waals surface area contributed by atoms with Crippen LogP contribution in [-0.2, 0) is 79.4 Å². The Kier molecular flexibility index (Phi) is 9.51. The first-order valence-corrected chi connectivity index (χ1v) is 43.7. The Hall–Kier alpha value is -12.8. The maximum Gasteiger partial charge on any atom is 0.373 e. The lowest BCUT2D eigenvalue weighted by Gasteiger charge is -2.49. The second kappa shape index (κ2) is 18.4. The molecule has 18 aliphatic carbocycles. The van der Waals surface area contributed by atoms with Crippen molar-refractivity contribution in [1.29, 1.82) is 0 Å². The fraction of sp³-hybridized carbons (Fsp3) is 0.207. The fourth-order valence-corrected chi connectivity index (χ4v) is 33.1. The highest BCUT2D eigenvalue weighted by Gasteiger charge is 2.67. The van der Waals surface area contributed by atoms with E-state index >= 15 is 0 Å². The van der Waals surface area contributed by atoms with Crippen molar-refractivity contribution in [3.8, 4) is 17.2 Å². The molecule has 0 bridgehead atoms. The van der Waals surface area contributed by atoms with Gasteiger partial charge in [-0.1, -0.05) is 120 Å². The lowest BCUT2D eigenvalue weighted by Crippen LogP contribution is -2.42. The van der Waals surface area contributed by atoms with Gasteiger partial charge in [0.15, 0.2) is 0 Å². The van der Waals surface area contributed by atoms with Crippen LogP contribution in [0, 0.1) is 39.5 Å². The molecule has 0 N–H and O–H groups in total. The van der Waals surface area contributed by atoms with E-state index in [1.54, 1.807) is 263 Å². The van der Waals surface area contributed by atoms with Crippen molar-refractivity contribution in [2.75, 3.05) is 21.3 Å². The summed E-state index contributed by atoms with van der Waals surface area (Å²) in [5.74, 6) is 4.64. The molecular formula is C111H64O7S. The summed E-state index contributed by atoms with van der Waals surface area (Å²) in [6.07, 6.45) is 30.9. The molecule has 0 spiro atoms. The van der Waals surface area contributed by atoms with Gasteiger partial charge in [-0.15, -0.1) is 11.3 Å². The van der Waals surface area contributed by atoms with Crippen LogP contribution in [0.25, 0.3) is 163 Å². The van der Waals surface area contributed by atoms with Gasteiger partial charge >= 0.3 is 12.3 Å². The first-order valence-electron chi connectivity index (χ1n) is 42.8. The van der Waals surface area contributed by atoms with E-state index in [1.807, 2.05) is 32.7 Å². The number of hydrogen-bond donors (Lipinski definition) is 0. The normalized spacial score (nSPS) is 25.5. The molecular weight excluding hydrogens is 1480 g/mol. The second-order valence-electron chi connectivity index (χ2n) is 38.9. The zero-order valence-electron chi connectivity index (χ0n) is 66.0. The van der Waals surface area contributed by atoms with E-state index in [9.17, 15) is 0 Å². The van der Waals surface area contributed by atoms with Crippen molar-refractivity contribution >= 4 is 186 Å². The highest BCUT2D eigenvalue weighted by molar-refractivity contribution is 7.10. The van der Waals surface area contributed by atoms with Gasteiger partial charge in [-0.05, 0) is 422 Å². The lowest BCUT2D eigenvalue weighted by atomic mass is 9.53. The molecule has 36 rings (SSSR count). The van der Waals surface area contributed by atoms with E-state index < -0.39 is 5.41 Å². The number of allylic oxidation sites excluding steroid dienone is 20. The monoisotopic (exact) mass is 1540 g/mol. The van der Waals surface area contributed by atoms with Crippen molar-refractivity contribution in [2.45, 2.75) is 113 Å². The Labute approximate surface area is 683 Å². The minimum Gasteiger partial charge on any atom is -0.496 e. The van der Waals surface area contributed by atoms with Gasteiger partial charge in [-0.25, -0.2) is 0 Å². The number of rotatable bonds is 9. The third kappa shape index (κ3) is 5.65. The molecule has 1 aromatic heterocycles. The molecule has 8 atom stereocenters. The van der Waals surface area contributed by atoms with Crippen LogP contribution in [0.3, 0.4) is 0 Å². The van der Waals surface area contributed by atoms with Crippen LogP contribution in [-0.4, -0.2) is 33.6 Å².